The van der Waals surface area contributed by atoms with E-state index in [1.807, 2.05) is 0 Å². The fourth-order valence-electron chi connectivity index (χ4n) is 3.25. The van der Waals surface area contributed by atoms with E-state index < -0.39 is 23.4 Å². The summed E-state index contributed by atoms with van der Waals surface area (Å²) in [5.74, 6) is -1.32. The third-order valence-corrected chi connectivity index (χ3v) is 4.54. The highest BCUT2D eigenvalue weighted by Gasteiger charge is 2.47. The lowest BCUT2D eigenvalue weighted by Crippen LogP contribution is -2.42. The second kappa shape index (κ2) is 7.19. The third-order valence-electron chi connectivity index (χ3n) is 4.54. The van der Waals surface area contributed by atoms with Crippen LogP contribution in [0.2, 0.25) is 0 Å². The van der Waals surface area contributed by atoms with Gasteiger partial charge < -0.3 is 14.4 Å². The Hall–Kier alpha value is -2.83. The molecule has 0 saturated heterocycles. The number of methoxy groups -OCH3 is 2. The smallest absolute Gasteiger partial charge is 0.418 e. The van der Waals surface area contributed by atoms with Crippen molar-refractivity contribution in [1.82, 2.24) is 4.90 Å². The molecule has 0 fully saturated rings. The lowest BCUT2D eigenvalue weighted by Gasteiger charge is -2.39. The molecule has 1 aliphatic rings. The van der Waals surface area contributed by atoms with E-state index >= 15 is 0 Å². The van der Waals surface area contributed by atoms with E-state index in [0.29, 0.717) is 16.8 Å². The Morgan fingerprint density at radius 2 is 1.69 bits per heavy atom. The van der Waals surface area contributed by atoms with E-state index in [-0.39, 0.29) is 5.91 Å². The van der Waals surface area contributed by atoms with Crippen LogP contribution in [0, 0.1) is 5.41 Å². The molecule has 1 heterocycles. The molecule has 140 valence electrons. The SMILES string of the molecule is COC(=O)N1C=C(C(=O)N(C)C)C(C(C)(C)C(=O)OC)c2ccccc21. The number of rotatable bonds is 3. The van der Waals surface area contributed by atoms with Crippen LogP contribution in [0.5, 0.6) is 0 Å². The number of fused-ring (bicyclic) bond motifs is 1. The lowest BCUT2D eigenvalue weighted by atomic mass is 9.69. The zero-order chi connectivity index (χ0) is 19.6. The van der Waals surface area contributed by atoms with Crippen LogP contribution in [0.3, 0.4) is 0 Å². The van der Waals surface area contributed by atoms with Gasteiger partial charge >= 0.3 is 12.1 Å². The summed E-state index contributed by atoms with van der Waals surface area (Å²) >= 11 is 0. The van der Waals surface area contributed by atoms with Gasteiger partial charge in [0.25, 0.3) is 5.91 Å². The molecule has 1 aromatic rings. The highest BCUT2D eigenvalue weighted by atomic mass is 16.5. The Morgan fingerprint density at radius 1 is 1.08 bits per heavy atom. The Morgan fingerprint density at radius 3 is 2.23 bits per heavy atom. The summed E-state index contributed by atoms with van der Waals surface area (Å²) in [5.41, 5.74) is 0.539. The topological polar surface area (TPSA) is 76.2 Å². The molecule has 0 spiro atoms. The molecule has 0 N–H and O–H groups in total. The molecule has 0 bridgehead atoms. The number of hydrogen-bond donors (Lipinski definition) is 0. The van der Waals surface area contributed by atoms with Gasteiger partial charge in [-0.3, -0.25) is 14.5 Å². The van der Waals surface area contributed by atoms with Crippen LogP contribution in [-0.4, -0.2) is 51.2 Å². The molecule has 7 nitrogen and oxygen atoms in total. The number of hydrogen-bond acceptors (Lipinski definition) is 5. The largest absolute Gasteiger partial charge is 0.469 e. The Balaban J connectivity index is 2.76. The molecule has 26 heavy (non-hydrogen) atoms. The monoisotopic (exact) mass is 360 g/mol. The molecule has 2 amide bonds. The van der Waals surface area contributed by atoms with Gasteiger partial charge in [-0.05, 0) is 25.5 Å². The predicted molar refractivity (Wildman–Crippen MR) is 96.6 cm³/mol. The van der Waals surface area contributed by atoms with Crippen molar-refractivity contribution in [2.24, 2.45) is 5.41 Å². The van der Waals surface area contributed by atoms with Gasteiger partial charge in [0.1, 0.15) is 0 Å². The van der Waals surface area contributed by atoms with Crippen LogP contribution in [0.1, 0.15) is 25.3 Å². The second-order valence-corrected chi connectivity index (χ2v) is 6.83. The first-order valence-electron chi connectivity index (χ1n) is 8.14. The number of amides is 2. The van der Waals surface area contributed by atoms with Gasteiger partial charge in [0.05, 0.1) is 25.3 Å². The average molecular weight is 360 g/mol. The van der Waals surface area contributed by atoms with E-state index in [4.69, 9.17) is 9.47 Å². The third kappa shape index (κ3) is 3.16. The van der Waals surface area contributed by atoms with Gasteiger partial charge in [-0.2, -0.15) is 0 Å². The molecular weight excluding hydrogens is 336 g/mol. The molecule has 1 atom stereocenters. The fourth-order valence-corrected chi connectivity index (χ4v) is 3.25. The first kappa shape index (κ1) is 19.5. The highest BCUT2D eigenvalue weighted by molar-refractivity contribution is 6.02. The molecule has 7 heteroatoms. The summed E-state index contributed by atoms with van der Waals surface area (Å²) in [4.78, 5) is 40.3. The van der Waals surface area contributed by atoms with Crippen molar-refractivity contribution in [1.29, 1.82) is 0 Å². The maximum Gasteiger partial charge on any atom is 0.418 e. The summed E-state index contributed by atoms with van der Waals surface area (Å²) in [6.07, 6.45) is 0.835. The van der Waals surface area contributed by atoms with E-state index in [1.165, 1.54) is 30.2 Å². The van der Waals surface area contributed by atoms with E-state index in [0.717, 1.165) is 0 Å². The molecule has 1 aliphatic heterocycles. The number of nitrogens with zero attached hydrogens (tertiary/aromatic N) is 2. The first-order valence-corrected chi connectivity index (χ1v) is 8.14. The van der Waals surface area contributed by atoms with Crippen LogP contribution in [0.15, 0.2) is 36.0 Å². The van der Waals surface area contributed by atoms with Crippen LogP contribution in [0.25, 0.3) is 0 Å². The zero-order valence-electron chi connectivity index (χ0n) is 15.9. The number of likely N-dealkylation sites (N-methyl/N-ethyl adjacent to an activating group) is 1. The Labute approximate surface area is 153 Å². The number of benzene rings is 1. The minimum Gasteiger partial charge on any atom is -0.469 e. The van der Waals surface area contributed by atoms with Crippen molar-refractivity contribution in [3.8, 4) is 0 Å². The van der Waals surface area contributed by atoms with E-state index in [1.54, 1.807) is 52.2 Å². The fraction of sp³-hybridized carbons (Fsp3) is 0.421. The zero-order valence-corrected chi connectivity index (χ0v) is 15.9. The summed E-state index contributed by atoms with van der Waals surface area (Å²) in [7, 11) is 5.83. The summed E-state index contributed by atoms with van der Waals surface area (Å²) in [6.45, 7) is 3.45. The summed E-state index contributed by atoms with van der Waals surface area (Å²) < 4.78 is 9.82. The van der Waals surface area contributed by atoms with Gasteiger partial charge in [-0.25, -0.2) is 4.79 Å². The molecule has 0 radical (unpaired) electrons. The minimum atomic E-state index is -1.02. The van der Waals surface area contributed by atoms with Crippen LogP contribution in [-0.2, 0) is 19.1 Å². The van der Waals surface area contributed by atoms with Gasteiger partial charge in [0.2, 0.25) is 0 Å². The normalized spacial score (nSPS) is 16.3. The molecule has 2 rings (SSSR count). The standard InChI is InChI=1S/C19H24N2O5/c1-19(2,17(23)25-5)15-12-9-7-8-10-14(12)21(18(24)26-6)11-13(15)16(22)20(3)4/h7-11,15H,1-6H3. The Bertz CT molecular complexity index is 767. The van der Waals surface area contributed by atoms with Crippen molar-refractivity contribution in [3.63, 3.8) is 0 Å². The number of carbonyl (C=O) groups excluding carboxylic acids is 3. The number of para-hydroxylation sites is 1. The Kier molecular flexibility index (Phi) is 5.39. The lowest BCUT2D eigenvalue weighted by molar-refractivity contribution is -0.151. The number of ether oxygens (including phenoxy) is 2. The van der Waals surface area contributed by atoms with E-state index in [9.17, 15) is 14.4 Å². The predicted octanol–water partition coefficient (Wildman–Crippen LogP) is 2.53. The van der Waals surface area contributed by atoms with Crippen molar-refractivity contribution < 1.29 is 23.9 Å². The van der Waals surface area contributed by atoms with Crippen LogP contribution in [0.4, 0.5) is 10.5 Å². The number of anilines is 1. The molecule has 0 saturated carbocycles. The molecule has 1 aromatic carbocycles. The number of carbonyl (C=O) groups is 3. The average Bonchev–Trinajstić information content (AvgIpc) is 2.64. The van der Waals surface area contributed by atoms with Crippen molar-refractivity contribution in [2.75, 3.05) is 33.2 Å². The molecule has 0 aromatic heterocycles. The first-order chi connectivity index (χ1) is 12.2. The minimum absolute atomic E-state index is 0.296. The number of esters is 1. The van der Waals surface area contributed by atoms with Crippen molar-refractivity contribution in [2.45, 2.75) is 19.8 Å². The van der Waals surface area contributed by atoms with Gasteiger partial charge in [0.15, 0.2) is 0 Å². The van der Waals surface area contributed by atoms with Crippen LogP contribution < -0.4 is 4.90 Å². The highest BCUT2D eigenvalue weighted by Crippen LogP contribution is 2.48. The summed E-state index contributed by atoms with van der Waals surface area (Å²) in [6, 6.07) is 7.14. The second-order valence-electron chi connectivity index (χ2n) is 6.83. The molecule has 0 aliphatic carbocycles. The van der Waals surface area contributed by atoms with Crippen molar-refractivity contribution >= 4 is 23.7 Å². The molecule has 1 unspecified atom stereocenters. The summed E-state index contributed by atoms with van der Waals surface area (Å²) in [5, 5.41) is 0. The maximum absolute atomic E-state index is 12.9. The quantitative estimate of drug-likeness (QED) is 0.774. The van der Waals surface area contributed by atoms with Gasteiger partial charge in [-0.15, -0.1) is 0 Å². The van der Waals surface area contributed by atoms with E-state index in [2.05, 4.69) is 0 Å². The van der Waals surface area contributed by atoms with Crippen molar-refractivity contribution in [3.05, 3.63) is 41.6 Å². The molecular formula is C19H24N2O5. The maximum atomic E-state index is 12.9. The van der Waals surface area contributed by atoms with Crippen LogP contribution >= 0.6 is 0 Å². The van der Waals surface area contributed by atoms with Gasteiger partial charge in [-0.1, -0.05) is 18.2 Å². The van der Waals surface area contributed by atoms with Gasteiger partial charge in [0, 0.05) is 31.8 Å².